The minimum Gasteiger partial charge on any atom is -0.508 e. The first-order valence-corrected chi connectivity index (χ1v) is 25.9. The number of H-pyrrole nitrogens is 1. The molecule has 0 spiro atoms. The minimum absolute atomic E-state index is 0.0360. The standard InChI is InChI=1S/C53H90N8O6/c1-7-9-10-11-12-13-14-15-16-17-18-19-20-21-28-57-50(65)42(30-38(3)4)33-49(64)47(35-44-36-56-37-59-44)61-52(67)43(31-39(5)6)34-48(63)46(23-22-29-58-53(54)55)60-51(66)41(8-2)32-40-24-26-45(62)27-25-40/h24-27,36-39,41-43,46-47,62H,7-23,28-35H2,1-6H3,(H,56,59)(H,57,65)(H,60,66)(H,61,67)(H4,54,55,58)/t41-,42+,43+,46-,47-/m0/s1. The molecule has 14 nitrogen and oxygen atoms in total. The third-order valence-corrected chi connectivity index (χ3v) is 12.6. The summed E-state index contributed by atoms with van der Waals surface area (Å²) in [5.74, 6) is -2.96. The minimum atomic E-state index is -0.966. The number of nitrogens with two attached hydrogens (primary N) is 2. The molecule has 0 aliphatic carbocycles. The van der Waals surface area contributed by atoms with Gasteiger partial charge in [0, 0.05) is 62.0 Å². The highest BCUT2D eigenvalue weighted by Crippen LogP contribution is 2.23. The van der Waals surface area contributed by atoms with E-state index in [4.69, 9.17) is 11.5 Å². The van der Waals surface area contributed by atoms with E-state index in [-0.39, 0.29) is 79.2 Å². The lowest BCUT2D eigenvalue weighted by Crippen LogP contribution is -2.48. The Morgan fingerprint density at radius 3 is 1.67 bits per heavy atom. The normalized spacial score (nSPS) is 13.7. The number of Topliss-reactive ketones (excluding diaryl/α,β-unsaturated/α-hetero) is 2. The Labute approximate surface area is 403 Å². The van der Waals surface area contributed by atoms with Crippen LogP contribution >= 0.6 is 0 Å². The monoisotopic (exact) mass is 935 g/mol. The van der Waals surface area contributed by atoms with Crippen molar-refractivity contribution in [3.63, 3.8) is 0 Å². The predicted octanol–water partition coefficient (Wildman–Crippen LogP) is 8.79. The number of aromatic nitrogens is 2. The summed E-state index contributed by atoms with van der Waals surface area (Å²) in [6.07, 6.45) is 23.2. The zero-order valence-corrected chi connectivity index (χ0v) is 42.2. The average Bonchev–Trinajstić information content (AvgIpc) is 3.80. The molecule has 0 saturated carbocycles. The van der Waals surface area contributed by atoms with E-state index in [1.807, 2.05) is 34.6 Å². The number of carbonyl (C=O) groups excluding carboxylic acids is 5. The first-order valence-electron chi connectivity index (χ1n) is 25.9. The van der Waals surface area contributed by atoms with E-state index in [1.54, 1.807) is 30.5 Å². The Balaban J connectivity index is 2.11. The maximum Gasteiger partial charge on any atom is 0.224 e. The number of hydrogen-bond acceptors (Lipinski definition) is 8. The van der Waals surface area contributed by atoms with Gasteiger partial charge < -0.3 is 37.5 Å². The van der Waals surface area contributed by atoms with Gasteiger partial charge in [0.15, 0.2) is 17.5 Å². The van der Waals surface area contributed by atoms with Crippen LogP contribution in [-0.2, 0) is 36.8 Å². The number of nitrogens with one attached hydrogen (secondary N) is 4. The molecule has 0 radical (unpaired) electrons. The van der Waals surface area contributed by atoms with E-state index in [2.05, 4.69) is 37.8 Å². The number of aromatic amines is 1. The predicted molar refractivity (Wildman–Crippen MR) is 270 cm³/mol. The highest BCUT2D eigenvalue weighted by atomic mass is 16.3. The third kappa shape index (κ3) is 26.4. The second kappa shape index (κ2) is 34.5. The van der Waals surface area contributed by atoms with Crippen molar-refractivity contribution in [2.45, 2.75) is 201 Å². The number of unbranched alkanes of at least 4 members (excludes halogenated alkanes) is 13. The van der Waals surface area contributed by atoms with Crippen molar-refractivity contribution in [1.29, 1.82) is 0 Å². The van der Waals surface area contributed by atoms with Gasteiger partial charge in [-0.2, -0.15) is 0 Å². The fourth-order valence-corrected chi connectivity index (χ4v) is 8.75. The van der Waals surface area contributed by atoms with E-state index in [9.17, 15) is 29.1 Å². The Morgan fingerprint density at radius 1 is 0.657 bits per heavy atom. The van der Waals surface area contributed by atoms with Gasteiger partial charge in [-0.15, -0.1) is 0 Å². The topological polar surface area (TPSA) is 235 Å². The molecule has 0 aliphatic rings. The lowest BCUT2D eigenvalue weighted by atomic mass is 9.87. The number of guanidine groups is 1. The van der Waals surface area contributed by atoms with Crippen LogP contribution in [0.25, 0.3) is 0 Å². The molecule has 2 rings (SSSR count). The highest BCUT2D eigenvalue weighted by Gasteiger charge is 2.33. The summed E-state index contributed by atoms with van der Waals surface area (Å²) >= 11 is 0. The molecule has 1 aromatic heterocycles. The summed E-state index contributed by atoms with van der Waals surface area (Å²) in [6, 6.07) is 4.82. The van der Waals surface area contributed by atoms with E-state index in [0.717, 1.165) is 24.8 Å². The smallest absolute Gasteiger partial charge is 0.224 e. The van der Waals surface area contributed by atoms with Crippen LogP contribution in [0.4, 0.5) is 0 Å². The summed E-state index contributed by atoms with van der Waals surface area (Å²) in [6.45, 7) is 13.0. The summed E-state index contributed by atoms with van der Waals surface area (Å²) in [7, 11) is 0. The van der Waals surface area contributed by atoms with E-state index in [0.29, 0.717) is 44.3 Å². The van der Waals surface area contributed by atoms with Crippen LogP contribution in [0.2, 0.25) is 0 Å². The van der Waals surface area contributed by atoms with E-state index >= 15 is 0 Å². The van der Waals surface area contributed by atoms with Crippen molar-refractivity contribution < 1.29 is 29.1 Å². The number of aliphatic imine (C=N–C) groups is 1. The highest BCUT2D eigenvalue weighted by molar-refractivity contribution is 5.96. The van der Waals surface area contributed by atoms with Crippen LogP contribution < -0.4 is 27.4 Å². The van der Waals surface area contributed by atoms with Gasteiger partial charge in [0.2, 0.25) is 17.7 Å². The number of hydrogen-bond donors (Lipinski definition) is 7. The number of benzene rings is 1. The average molecular weight is 935 g/mol. The number of nitrogens with zero attached hydrogens (tertiary/aromatic N) is 2. The number of rotatable bonds is 39. The number of carbonyl (C=O) groups is 5. The molecule has 2 aromatic rings. The molecule has 378 valence electrons. The van der Waals surface area contributed by atoms with Gasteiger partial charge in [0.1, 0.15) is 5.75 Å². The Morgan fingerprint density at radius 2 is 1.16 bits per heavy atom. The van der Waals surface area contributed by atoms with Crippen LogP contribution in [0, 0.1) is 29.6 Å². The zero-order valence-electron chi connectivity index (χ0n) is 42.2. The number of ketones is 2. The molecular formula is C53H90N8O6. The van der Waals surface area contributed by atoms with Crippen LogP contribution in [0.15, 0.2) is 41.8 Å². The number of phenols is 1. The first kappa shape index (κ1) is 58.4. The van der Waals surface area contributed by atoms with Gasteiger partial charge in [-0.3, -0.25) is 29.0 Å². The molecule has 1 aromatic carbocycles. The van der Waals surface area contributed by atoms with E-state index < -0.39 is 35.7 Å². The maximum absolute atomic E-state index is 14.3. The summed E-state index contributed by atoms with van der Waals surface area (Å²) in [5, 5.41) is 18.8. The lowest BCUT2D eigenvalue weighted by molar-refractivity contribution is -0.135. The number of imidazole rings is 1. The van der Waals surface area contributed by atoms with Crippen molar-refractivity contribution in [2.24, 2.45) is 46.0 Å². The summed E-state index contributed by atoms with van der Waals surface area (Å²) in [5.41, 5.74) is 12.6. The maximum atomic E-state index is 14.3. The third-order valence-electron chi connectivity index (χ3n) is 12.6. The molecule has 1 heterocycles. The van der Waals surface area contributed by atoms with Gasteiger partial charge in [-0.1, -0.05) is 137 Å². The largest absolute Gasteiger partial charge is 0.508 e. The van der Waals surface area contributed by atoms with Crippen molar-refractivity contribution in [1.82, 2.24) is 25.9 Å². The van der Waals surface area contributed by atoms with Gasteiger partial charge in [-0.05, 0) is 74.5 Å². The number of phenolic OH excluding ortho intramolecular Hbond substituents is 1. The van der Waals surface area contributed by atoms with Crippen molar-refractivity contribution in [3.8, 4) is 5.75 Å². The first-order chi connectivity index (χ1) is 32.1. The summed E-state index contributed by atoms with van der Waals surface area (Å²) < 4.78 is 0. The Bertz CT molecular complexity index is 1710. The van der Waals surface area contributed by atoms with Gasteiger partial charge in [0.05, 0.1) is 18.4 Å². The molecule has 3 amide bonds. The molecule has 67 heavy (non-hydrogen) atoms. The fourth-order valence-electron chi connectivity index (χ4n) is 8.75. The van der Waals surface area contributed by atoms with Crippen LogP contribution in [0.5, 0.6) is 5.75 Å². The summed E-state index contributed by atoms with van der Waals surface area (Å²) in [4.78, 5) is 81.4. The van der Waals surface area contributed by atoms with Crippen LogP contribution in [-0.4, -0.2) is 75.5 Å². The Hall–Kier alpha value is -4.75. The second-order valence-electron chi connectivity index (χ2n) is 19.7. The van der Waals surface area contributed by atoms with Gasteiger partial charge in [0.25, 0.3) is 0 Å². The lowest BCUT2D eigenvalue weighted by Gasteiger charge is -2.26. The molecule has 0 fully saturated rings. The number of aromatic hydroxyl groups is 1. The van der Waals surface area contributed by atoms with Crippen LogP contribution in [0.1, 0.15) is 188 Å². The Kier molecular flexibility index (Phi) is 30.1. The van der Waals surface area contributed by atoms with Gasteiger partial charge >= 0.3 is 0 Å². The van der Waals surface area contributed by atoms with Crippen molar-refractivity contribution >= 4 is 35.2 Å². The zero-order chi connectivity index (χ0) is 49.4. The van der Waals surface area contributed by atoms with Crippen LogP contribution in [0.3, 0.4) is 0 Å². The van der Waals surface area contributed by atoms with Crippen molar-refractivity contribution in [3.05, 3.63) is 48.0 Å². The quantitative estimate of drug-likeness (QED) is 0.0192. The molecule has 0 unspecified atom stereocenters. The molecule has 9 N–H and O–H groups in total. The molecule has 0 aliphatic heterocycles. The van der Waals surface area contributed by atoms with E-state index in [1.165, 1.54) is 77.0 Å². The molecule has 5 atom stereocenters. The molecule has 0 bridgehead atoms. The molecular weight excluding hydrogens is 845 g/mol. The van der Waals surface area contributed by atoms with Crippen molar-refractivity contribution in [2.75, 3.05) is 13.1 Å². The van der Waals surface area contributed by atoms with Gasteiger partial charge in [-0.25, -0.2) is 4.98 Å². The number of amides is 3. The fraction of sp³-hybridized carbons (Fsp3) is 0.717. The molecule has 0 saturated heterocycles. The second-order valence-corrected chi connectivity index (χ2v) is 19.7. The SMILES string of the molecule is CCCCCCCCCCCCCCCCNC(=O)[C@@H](CC(=O)[C@H](Cc1cnc[nH]1)NC(=O)[C@@H](CC(=O)[C@H](CCCN=C(N)N)NC(=O)[C@@H](CC)Cc1ccc(O)cc1)CC(C)C)CC(C)C. The molecule has 14 heteroatoms.